The van der Waals surface area contributed by atoms with Crippen molar-refractivity contribution in [3.05, 3.63) is 48.5 Å². The van der Waals surface area contributed by atoms with Gasteiger partial charge in [-0.25, -0.2) is 0 Å². The van der Waals surface area contributed by atoms with E-state index in [0.717, 1.165) is 56.3 Å². The number of nitrogens with one attached hydrogen (secondary N) is 1. The molecule has 1 aliphatic rings. The number of nitrogens with zero attached hydrogens (tertiary/aromatic N) is 2. The van der Waals surface area contributed by atoms with E-state index in [9.17, 15) is 4.79 Å². The van der Waals surface area contributed by atoms with Crippen molar-refractivity contribution in [1.29, 1.82) is 0 Å². The van der Waals surface area contributed by atoms with Gasteiger partial charge in [-0.1, -0.05) is 12.1 Å². The molecule has 0 radical (unpaired) electrons. The molecule has 3 rings (SSSR count). The van der Waals surface area contributed by atoms with Crippen LogP contribution >= 0.6 is 0 Å². The molecule has 1 aliphatic heterocycles. The molecule has 0 unspecified atom stereocenters. The number of hydrogen-bond donors (Lipinski definition) is 1. The maximum absolute atomic E-state index is 11.0. The summed E-state index contributed by atoms with van der Waals surface area (Å²) < 4.78 is 11.3. The minimum atomic E-state index is -0.0699. The highest BCUT2D eigenvalue weighted by Gasteiger charge is 2.19. The number of amides is 1. The van der Waals surface area contributed by atoms with E-state index in [2.05, 4.69) is 27.2 Å². The normalized spacial score (nSPS) is 14.6. The first kappa shape index (κ1) is 20.0. The van der Waals surface area contributed by atoms with Crippen LogP contribution in [0.2, 0.25) is 0 Å². The van der Waals surface area contributed by atoms with Crippen LogP contribution < -0.4 is 19.7 Å². The van der Waals surface area contributed by atoms with Gasteiger partial charge in [0.1, 0.15) is 11.5 Å². The lowest BCUT2D eigenvalue weighted by molar-refractivity contribution is -0.114. The summed E-state index contributed by atoms with van der Waals surface area (Å²) in [5.74, 6) is 1.70. The van der Waals surface area contributed by atoms with Gasteiger partial charge in [-0.3, -0.25) is 9.69 Å². The largest absolute Gasteiger partial charge is 0.495 e. The minimum Gasteiger partial charge on any atom is -0.495 e. The number of anilines is 2. The molecule has 2 aromatic carbocycles. The number of methoxy groups -OCH3 is 1. The molecule has 28 heavy (non-hydrogen) atoms. The second-order valence-electron chi connectivity index (χ2n) is 6.91. The fourth-order valence-electron chi connectivity index (χ4n) is 3.42. The summed E-state index contributed by atoms with van der Waals surface area (Å²) in [7, 11) is 1.72. The van der Waals surface area contributed by atoms with Crippen molar-refractivity contribution < 1.29 is 14.3 Å². The SMILES string of the molecule is COc1ccccc1N1CCN(CCCOc2ccc(NC(C)=O)cc2)CC1. The Bertz CT molecular complexity index is 756. The first-order chi connectivity index (χ1) is 13.7. The van der Waals surface area contributed by atoms with Crippen LogP contribution in [0.15, 0.2) is 48.5 Å². The molecule has 6 nitrogen and oxygen atoms in total. The molecule has 150 valence electrons. The van der Waals surface area contributed by atoms with Crippen molar-refractivity contribution >= 4 is 17.3 Å². The van der Waals surface area contributed by atoms with Gasteiger partial charge in [0, 0.05) is 45.3 Å². The van der Waals surface area contributed by atoms with Gasteiger partial charge in [0.15, 0.2) is 0 Å². The van der Waals surface area contributed by atoms with Gasteiger partial charge >= 0.3 is 0 Å². The molecule has 0 saturated carbocycles. The van der Waals surface area contributed by atoms with Gasteiger partial charge in [-0.15, -0.1) is 0 Å². The standard InChI is InChI=1S/C22H29N3O3/c1-18(26)23-19-8-10-20(11-9-19)28-17-5-12-24-13-15-25(16-14-24)21-6-3-4-7-22(21)27-2/h3-4,6-11H,5,12-17H2,1-2H3,(H,23,26). The molecule has 6 heteroatoms. The van der Waals surface area contributed by atoms with Crippen molar-refractivity contribution in [2.24, 2.45) is 0 Å². The van der Waals surface area contributed by atoms with Gasteiger partial charge in [0.2, 0.25) is 5.91 Å². The van der Waals surface area contributed by atoms with E-state index >= 15 is 0 Å². The fourth-order valence-corrected chi connectivity index (χ4v) is 3.42. The Morgan fingerprint density at radius 2 is 1.75 bits per heavy atom. The Kier molecular flexibility index (Phi) is 7.14. The van der Waals surface area contributed by atoms with Crippen molar-refractivity contribution in [1.82, 2.24) is 4.90 Å². The van der Waals surface area contributed by atoms with E-state index in [1.807, 2.05) is 36.4 Å². The van der Waals surface area contributed by atoms with Crippen molar-refractivity contribution in [3.63, 3.8) is 0 Å². The van der Waals surface area contributed by atoms with E-state index in [1.54, 1.807) is 7.11 Å². The highest BCUT2D eigenvalue weighted by atomic mass is 16.5. The summed E-state index contributed by atoms with van der Waals surface area (Å²) in [4.78, 5) is 15.9. The molecule has 0 bridgehead atoms. The average molecular weight is 383 g/mol. The van der Waals surface area contributed by atoms with Gasteiger partial charge in [-0.05, 0) is 42.8 Å². The van der Waals surface area contributed by atoms with Crippen LogP contribution in [0.4, 0.5) is 11.4 Å². The summed E-state index contributed by atoms with van der Waals surface area (Å²) in [5, 5.41) is 2.75. The lowest BCUT2D eigenvalue weighted by Crippen LogP contribution is -2.46. The zero-order chi connectivity index (χ0) is 19.8. The van der Waals surface area contributed by atoms with Crippen LogP contribution in [0.1, 0.15) is 13.3 Å². The maximum atomic E-state index is 11.0. The molecule has 1 saturated heterocycles. The monoisotopic (exact) mass is 383 g/mol. The predicted molar refractivity (Wildman–Crippen MR) is 113 cm³/mol. The Morgan fingerprint density at radius 3 is 2.43 bits per heavy atom. The van der Waals surface area contributed by atoms with Gasteiger partial charge in [0.05, 0.1) is 19.4 Å². The number of ether oxygens (including phenoxy) is 2. The topological polar surface area (TPSA) is 54.0 Å². The molecule has 1 amide bonds. The number of para-hydroxylation sites is 2. The molecule has 1 N–H and O–H groups in total. The summed E-state index contributed by atoms with van der Waals surface area (Å²) in [6.07, 6.45) is 0.988. The Labute approximate surface area is 167 Å². The van der Waals surface area contributed by atoms with Crippen molar-refractivity contribution in [3.8, 4) is 11.5 Å². The van der Waals surface area contributed by atoms with Crippen LogP contribution in [0, 0.1) is 0 Å². The number of benzene rings is 2. The summed E-state index contributed by atoms with van der Waals surface area (Å²) in [6, 6.07) is 15.7. The fraction of sp³-hybridized carbons (Fsp3) is 0.409. The number of rotatable bonds is 8. The van der Waals surface area contributed by atoms with E-state index in [4.69, 9.17) is 9.47 Å². The highest BCUT2D eigenvalue weighted by Crippen LogP contribution is 2.28. The number of piperazine rings is 1. The van der Waals surface area contributed by atoms with Crippen LogP contribution in [0.5, 0.6) is 11.5 Å². The van der Waals surface area contributed by atoms with Crippen LogP contribution in [-0.4, -0.2) is 57.2 Å². The lowest BCUT2D eigenvalue weighted by atomic mass is 10.2. The van der Waals surface area contributed by atoms with Crippen molar-refractivity contribution in [2.45, 2.75) is 13.3 Å². The van der Waals surface area contributed by atoms with Crippen LogP contribution in [0.25, 0.3) is 0 Å². The van der Waals surface area contributed by atoms with E-state index in [-0.39, 0.29) is 5.91 Å². The Hall–Kier alpha value is -2.73. The molecule has 2 aromatic rings. The molecular weight excluding hydrogens is 354 g/mol. The van der Waals surface area contributed by atoms with Crippen LogP contribution in [0.3, 0.4) is 0 Å². The molecular formula is C22H29N3O3. The molecule has 1 fully saturated rings. The Balaban J connectivity index is 1.36. The van der Waals surface area contributed by atoms with Gasteiger partial charge in [0.25, 0.3) is 0 Å². The minimum absolute atomic E-state index is 0.0699. The Morgan fingerprint density at radius 1 is 1.04 bits per heavy atom. The van der Waals surface area contributed by atoms with Crippen molar-refractivity contribution in [2.75, 3.05) is 56.7 Å². The summed E-state index contributed by atoms with van der Waals surface area (Å²) in [6.45, 7) is 7.32. The number of carbonyl (C=O) groups excluding carboxylic acids is 1. The van der Waals surface area contributed by atoms with E-state index in [0.29, 0.717) is 6.61 Å². The maximum Gasteiger partial charge on any atom is 0.221 e. The third kappa shape index (κ3) is 5.63. The molecule has 0 spiro atoms. The lowest BCUT2D eigenvalue weighted by Gasteiger charge is -2.36. The van der Waals surface area contributed by atoms with E-state index < -0.39 is 0 Å². The molecule has 0 aromatic heterocycles. The zero-order valence-corrected chi connectivity index (χ0v) is 16.7. The molecule has 0 aliphatic carbocycles. The average Bonchev–Trinajstić information content (AvgIpc) is 2.72. The third-order valence-corrected chi connectivity index (χ3v) is 4.86. The van der Waals surface area contributed by atoms with E-state index in [1.165, 1.54) is 12.6 Å². The van der Waals surface area contributed by atoms with Gasteiger partial charge in [-0.2, -0.15) is 0 Å². The second-order valence-corrected chi connectivity index (χ2v) is 6.91. The van der Waals surface area contributed by atoms with Gasteiger partial charge < -0.3 is 19.7 Å². The summed E-state index contributed by atoms with van der Waals surface area (Å²) >= 11 is 0. The second kappa shape index (κ2) is 9.99. The molecule has 0 atom stereocenters. The molecule has 1 heterocycles. The predicted octanol–water partition coefficient (Wildman–Crippen LogP) is 3.24. The number of hydrogen-bond acceptors (Lipinski definition) is 5. The highest BCUT2D eigenvalue weighted by molar-refractivity contribution is 5.88. The first-order valence-corrected chi connectivity index (χ1v) is 9.76. The third-order valence-electron chi connectivity index (χ3n) is 4.86. The first-order valence-electron chi connectivity index (χ1n) is 9.76. The number of carbonyl (C=O) groups is 1. The zero-order valence-electron chi connectivity index (χ0n) is 16.7. The smallest absolute Gasteiger partial charge is 0.221 e. The summed E-state index contributed by atoms with van der Waals surface area (Å²) in [5.41, 5.74) is 1.96. The van der Waals surface area contributed by atoms with Crippen LogP contribution in [-0.2, 0) is 4.79 Å². The quantitative estimate of drug-likeness (QED) is 0.709.